The summed E-state index contributed by atoms with van der Waals surface area (Å²) in [5, 5.41) is 0. The number of carbonyl (C=O) groups excluding carboxylic acids is 1. The number of para-hydroxylation sites is 1. The average Bonchev–Trinajstić information content (AvgIpc) is 2.44. The molecule has 1 aromatic rings. The number of benzene rings is 1. The van der Waals surface area contributed by atoms with Gasteiger partial charge in [-0.15, -0.1) is 0 Å². The van der Waals surface area contributed by atoms with Crippen LogP contribution in [0.15, 0.2) is 18.2 Å². The summed E-state index contributed by atoms with van der Waals surface area (Å²) in [6, 6.07) is 5.60. The molecule has 0 heterocycles. The molecule has 0 N–H and O–H groups in total. The molecule has 4 heteroatoms. The van der Waals surface area contributed by atoms with Crippen molar-refractivity contribution >= 4 is 6.29 Å². The Morgan fingerprint density at radius 2 is 1.80 bits per heavy atom. The van der Waals surface area contributed by atoms with Gasteiger partial charge in [0, 0.05) is 13.2 Å². The fourth-order valence-corrected chi connectivity index (χ4v) is 1.96. The SMILES string of the molecule is CCOC(COc1c(C=O)cccc1C(C)C)OCC. The predicted molar refractivity (Wildman–Crippen MR) is 78.5 cm³/mol. The molecule has 0 saturated heterocycles. The van der Waals surface area contributed by atoms with Gasteiger partial charge < -0.3 is 14.2 Å². The first-order chi connectivity index (χ1) is 9.63. The smallest absolute Gasteiger partial charge is 0.191 e. The molecule has 1 rings (SSSR count). The third-order valence-corrected chi connectivity index (χ3v) is 2.89. The highest BCUT2D eigenvalue weighted by atomic mass is 16.7. The Morgan fingerprint density at radius 1 is 1.15 bits per heavy atom. The molecule has 0 fully saturated rings. The summed E-state index contributed by atoms with van der Waals surface area (Å²) >= 11 is 0. The molecular weight excluding hydrogens is 256 g/mol. The molecule has 1 aromatic carbocycles. The Labute approximate surface area is 121 Å². The number of rotatable bonds is 9. The minimum atomic E-state index is -0.412. The van der Waals surface area contributed by atoms with E-state index in [1.807, 2.05) is 26.0 Å². The fraction of sp³-hybridized carbons (Fsp3) is 0.562. The van der Waals surface area contributed by atoms with Crippen LogP contribution in [0.2, 0.25) is 0 Å². The highest BCUT2D eigenvalue weighted by Gasteiger charge is 2.15. The molecule has 4 nitrogen and oxygen atoms in total. The minimum Gasteiger partial charge on any atom is -0.487 e. The third kappa shape index (κ3) is 4.62. The second-order valence-electron chi connectivity index (χ2n) is 4.69. The van der Waals surface area contributed by atoms with Gasteiger partial charge in [0.25, 0.3) is 0 Å². The summed E-state index contributed by atoms with van der Waals surface area (Å²) in [5.74, 6) is 0.907. The van der Waals surface area contributed by atoms with Gasteiger partial charge in [0.1, 0.15) is 12.4 Å². The second-order valence-corrected chi connectivity index (χ2v) is 4.69. The van der Waals surface area contributed by atoms with Crippen LogP contribution < -0.4 is 4.74 Å². The lowest BCUT2D eigenvalue weighted by Crippen LogP contribution is -2.25. The molecule has 0 spiro atoms. The van der Waals surface area contributed by atoms with Gasteiger partial charge in [-0.25, -0.2) is 0 Å². The van der Waals surface area contributed by atoms with Crippen molar-refractivity contribution in [2.24, 2.45) is 0 Å². The molecule has 0 aliphatic heterocycles. The maximum absolute atomic E-state index is 11.2. The monoisotopic (exact) mass is 280 g/mol. The van der Waals surface area contributed by atoms with Gasteiger partial charge in [0.2, 0.25) is 0 Å². The number of carbonyl (C=O) groups is 1. The number of aldehydes is 1. The summed E-state index contributed by atoms with van der Waals surface area (Å²) in [6.07, 6.45) is 0.405. The lowest BCUT2D eigenvalue weighted by atomic mass is 9.99. The maximum Gasteiger partial charge on any atom is 0.191 e. The van der Waals surface area contributed by atoms with Crippen molar-refractivity contribution in [3.05, 3.63) is 29.3 Å². The lowest BCUT2D eigenvalue weighted by molar-refractivity contribution is -0.152. The van der Waals surface area contributed by atoms with Crippen LogP contribution in [0.3, 0.4) is 0 Å². The van der Waals surface area contributed by atoms with Crippen LogP contribution in [0, 0.1) is 0 Å². The molecule has 0 bridgehead atoms. The molecule has 0 atom stereocenters. The van der Waals surface area contributed by atoms with Crippen molar-refractivity contribution in [2.45, 2.75) is 39.9 Å². The van der Waals surface area contributed by atoms with E-state index in [0.717, 1.165) is 11.8 Å². The van der Waals surface area contributed by atoms with Crippen LogP contribution in [0.25, 0.3) is 0 Å². The van der Waals surface area contributed by atoms with Crippen LogP contribution in [-0.4, -0.2) is 32.4 Å². The first-order valence-electron chi connectivity index (χ1n) is 7.08. The first kappa shape index (κ1) is 16.7. The summed E-state index contributed by atoms with van der Waals surface area (Å²) in [4.78, 5) is 11.2. The molecule has 0 aliphatic rings. The highest BCUT2D eigenvalue weighted by molar-refractivity contribution is 5.80. The van der Waals surface area contributed by atoms with Crippen molar-refractivity contribution in [3.8, 4) is 5.75 Å². The Morgan fingerprint density at radius 3 is 2.30 bits per heavy atom. The first-order valence-corrected chi connectivity index (χ1v) is 7.08. The molecule has 20 heavy (non-hydrogen) atoms. The van der Waals surface area contributed by atoms with Gasteiger partial charge >= 0.3 is 0 Å². The Balaban J connectivity index is 2.86. The van der Waals surface area contributed by atoms with Gasteiger partial charge in [0.15, 0.2) is 12.6 Å². The number of hydrogen-bond donors (Lipinski definition) is 0. The summed E-state index contributed by atoms with van der Waals surface area (Å²) in [6.45, 7) is 9.33. The standard InChI is InChI=1S/C16H24O4/c1-5-18-15(19-6-2)11-20-16-13(10-17)8-7-9-14(16)12(3)4/h7-10,12,15H,5-6,11H2,1-4H3. The Hall–Kier alpha value is -1.39. The predicted octanol–water partition coefficient (Wildman–Crippen LogP) is 3.40. The minimum absolute atomic E-state index is 0.270. The zero-order valence-corrected chi connectivity index (χ0v) is 12.7. The van der Waals surface area contributed by atoms with Crippen LogP contribution in [0.4, 0.5) is 0 Å². The van der Waals surface area contributed by atoms with Crippen molar-refractivity contribution in [3.63, 3.8) is 0 Å². The molecule has 0 aliphatic carbocycles. The zero-order valence-electron chi connectivity index (χ0n) is 12.7. The van der Waals surface area contributed by atoms with Crippen LogP contribution in [0.1, 0.15) is 49.5 Å². The Bertz CT molecular complexity index is 409. The van der Waals surface area contributed by atoms with E-state index in [1.165, 1.54) is 0 Å². The fourth-order valence-electron chi connectivity index (χ4n) is 1.96. The van der Waals surface area contributed by atoms with E-state index < -0.39 is 6.29 Å². The van der Waals surface area contributed by atoms with E-state index in [1.54, 1.807) is 6.07 Å². The summed E-state index contributed by atoms with van der Waals surface area (Å²) in [7, 11) is 0. The third-order valence-electron chi connectivity index (χ3n) is 2.89. The molecule has 0 saturated carbocycles. The largest absolute Gasteiger partial charge is 0.487 e. The normalized spacial score (nSPS) is 11.1. The molecule has 0 unspecified atom stereocenters. The van der Waals surface area contributed by atoms with Gasteiger partial charge in [0.05, 0.1) is 5.56 Å². The van der Waals surface area contributed by atoms with Crippen LogP contribution in [-0.2, 0) is 9.47 Å². The van der Waals surface area contributed by atoms with Crippen molar-refractivity contribution in [2.75, 3.05) is 19.8 Å². The van der Waals surface area contributed by atoms with E-state index in [9.17, 15) is 4.79 Å². The molecule has 112 valence electrons. The van der Waals surface area contributed by atoms with E-state index >= 15 is 0 Å². The Kier molecular flexibility index (Phi) is 7.26. The topological polar surface area (TPSA) is 44.8 Å². The second kappa shape index (κ2) is 8.72. The summed E-state index contributed by atoms with van der Waals surface area (Å²) < 4.78 is 16.7. The molecular formula is C16H24O4. The molecule has 0 aromatic heterocycles. The van der Waals surface area contributed by atoms with Gasteiger partial charge in [-0.05, 0) is 31.4 Å². The number of ether oxygens (including phenoxy) is 3. The van der Waals surface area contributed by atoms with E-state index in [4.69, 9.17) is 14.2 Å². The maximum atomic E-state index is 11.2. The van der Waals surface area contributed by atoms with Gasteiger partial charge in [-0.2, -0.15) is 0 Å². The average molecular weight is 280 g/mol. The van der Waals surface area contributed by atoms with Crippen molar-refractivity contribution in [1.29, 1.82) is 0 Å². The van der Waals surface area contributed by atoms with E-state index in [-0.39, 0.29) is 12.5 Å². The number of hydrogen-bond acceptors (Lipinski definition) is 4. The van der Waals surface area contributed by atoms with Gasteiger partial charge in [-0.3, -0.25) is 4.79 Å². The van der Waals surface area contributed by atoms with Crippen LogP contribution in [0.5, 0.6) is 5.75 Å². The highest BCUT2D eigenvalue weighted by Crippen LogP contribution is 2.29. The summed E-state index contributed by atoms with van der Waals surface area (Å²) in [5.41, 5.74) is 1.57. The van der Waals surface area contributed by atoms with Crippen molar-refractivity contribution in [1.82, 2.24) is 0 Å². The van der Waals surface area contributed by atoms with Crippen molar-refractivity contribution < 1.29 is 19.0 Å². The molecule has 0 radical (unpaired) electrons. The zero-order chi connectivity index (χ0) is 15.0. The lowest BCUT2D eigenvalue weighted by Gasteiger charge is -2.20. The van der Waals surface area contributed by atoms with Crippen LogP contribution >= 0.6 is 0 Å². The van der Waals surface area contributed by atoms with E-state index in [2.05, 4.69) is 13.8 Å². The van der Waals surface area contributed by atoms with Gasteiger partial charge in [-0.1, -0.05) is 26.0 Å². The van der Waals surface area contributed by atoms with E-state index in [0.29, 0.717) is 24.5 Å². The molecule has 0 amide bonds. The quantitative estimate of drug-likeness (QED) is 0.513.